The largest absolute Gasteiger partial charge is 0.481 e. The zero-order valence-electron chi connectivity index (χ0n) is 11.0. The van der Waals surface area contributed by atoms with Crippen molar-refractivity contribution in [2.45, 2.75) is 38.6 Å². The molecule has 1 rings (SSSR count). The van der Waals surface area contributed by atoms with Crippen LogP contribution in [0.4, 0.5) is 0 Å². The van der Waals surface area contributed by atoms with Gasteiger partial charge in [-0.25, -0.2) is 0 Å². The highest BCUT2D eigenvalue weighted by atomic mass is 16.5. The fraction of sp³-hybridized carbons (Fsp3) is 0.846. The Morgan fingerprint density at radius 1 is 1.44 bits per heavy atom. The molecule has 0 aromatic rings. The van der Waals surface area contributed by atoms with E-state index in [1.165, 1.54) is 0 Å². The minimum Gasteiger partial charge on any atom is -0.481 e. The molecular weight excluding hydrogens is 232 g/mol. The number of rotatable bonds is 8. The zero-order valence-corrected chi connectivity index (χ0v) is 11.0. The van der Waals surface area contributed by atoms with Crippen LogP contribution in [0, 0.1) is 17.2 Å². The Morgan fingerprint density at radius 2 is 2.22 bits per heavy atom. The van der Waals surface area contributed by atoms with Gasteiger partial charge in [-0.3, -0.25) is 9.69 Å². The molecule has 0 aromatic heterocycles. The van der Waals surface area contributed by atoms with Crippen LogP contribution in [0.5, 0.6) is 0 Å². The minimum absolute atomic E-state index is 0.00969. The van der Waals surface area contributed by atoms with Crippen LogP contribution >= 0.6 is 0 Å². The number of nitriles is 1. The van der Waals surface area contributed by atoms with E-state index in [1.54, 1.807) is 0 Å². The van der Waals surface area contributed by atoms with Crippen LogP contribution in [-0.4, -0.2) is 48.3 Å². The van der Waals surface area contributed by atoms with E-state index in [9.17, 15) is 4.79 Å². The van der Waals surface area contributed by atoms with Crippen LogP contribution in [0.3, 0.4) is 0 Å². The molecule has 1 saturated heterocycles. The highest BCUT2D eigenvalue weighted by Gasteiger charge is 2.37. The zero-order chi connectivity index (χ0) is 13.4. The molecule has 0 aromatic carbocycles. The molecular formula is C13H22N2O3. The first-order valence-electron chi connectivity index (χ1n) is 6.62. The Hall–Kier alpha value is -1.12. The van der Waals surface area contributed by atoms with Crippen LogP contribution in [0.1, 0.15) is 32.6 Å². The molecule has 0 radical (unpaired) electrons. The molecule has 5 heteroatoms. The maximum atomic E-state index is 11.1. The average molecular weight is 254 g/mol. The maximum absolute atomic E-state index is 11.1. The Kier molecular flexibility index (Phi) is 6.69. The van der Waals surface area contributed by atoms with Crippen molar-refractivity contribution < 1.29 is 14.6 Å². The SMILES string of the molecule is CCCN(CCCCC#N)C1COCC1C(=O)O. The number of ether oxygens (including phenoxy) is 1. The molecule has 1 fully saturated rings. The molecule has 2 atom stereocenters. The summed E-state index contributed by atoms with van der Waals surface area (Å²) in [5, 5.41) is 17.7. The van der Waals surface area contributed by atoms with E-state index in [0.29, 0.717) is 19.6 Å². The number of unbranched alkanes of at least 4 members (excludes halogenated alkanes) is 2. The lowest BCUT2D eigenvalue weighted by atomic mass is 10.0. The van der Waals surface area contributed by atoms with E-state index in [2.05, 4.69) is 17.9 Å². The molecule has 1 aliphatic rings. The van der Waals surface area contributed by atoms with Gasteiger partial charge in [0.25, 0.3) is 0 Å². The van der Waals surface area contributed by atoms with E-state index in [-0.39, 0.29) is 6.04 Å². The quantitative estimate of drug-likeness (QED) is 0.664. The molecule has 2 unspecified atom stereocenters. The number of hydrogen-bond donors (Lipinski definition) is 1. The van der Waals surface area contributed by atoms with Gasteiger partial charge in [0, 0.05) is 12.5 Å². The summed E-state index contributed by atoms with van der Waals surface area (Å²) in [5.74, 6) is -1.18. The summed E-state index contributed by atoms with van der Waals surface area (Å²) in [4.78, 5) is 13.4. The summed E-state index contributed by atoms with van der Waals surface area (Å²) < 4.78 is 5.31. The van der Waals surface area contributed by atoms with Crippen LogP contribution in [0.15, 0.2) is 0 Å². The van der Waals surface area contributed by atoms with E-state index < -0.39 is 11.9 Å². The Labute approximate surface area is 108 Å². The number of nitrogens with zero attached hydrogens (tertiary/aromatic N) is 2. The van der Waals surface area contributed by atoms with Crippen molar-refractivity contribution >= 4 is 5.97 Å². The first kappa shape index (κ1) is 14.9. The highest BCUT2D eigenvalue weighted by Crippen LogP contribution is 2.21. The van der Waals surface area contributed by atoms with E-state index in [0.717, 1.165) is 32.4 Å². The van der Waals surface area contributed by atoms with Crippen LogP contribution in [0.25, 0.3) is 0 Å². The van der Waals surface area contributed by atoms with Crippen LogP contribution in [0.2, 0.25) is 0 Å². The third kappa shape index (κ3) is 4.28. The van der Waals surface area contributed by atoms with Crippen molar-refractivity contribution in [3.05, 3.63) is 0 Å². The highest BCUT2D eigenvalue weighted by molar-refractivity contribution is 5.71. The number of carboxylic acid groups (broad SMARTS) is 1. The van der Waals surface area contributed by atoms with Crippen molar-refractivity contribution in [3.8, 4) is 6.07 Å². The van der Waals surface area contributed by atoms with Gasteiger partial charge in [-0.1, -0.05) is 6.92 Å². The predicted molar refractivity (Wildman–Crippen MR) is 67.1 cm³/mol. The predicted octanol–water partition coefficient (Wildman–Crippen LogP) is 1.49. The second kappa shape index (κ2) is 8.06. The molecule has 5 nitrogen and oxygen atoms in total. The van der Waals surface area contributed by atoms with Gasteiger partial charge in [0.1, 0.15) is 0 Å². The second-order valence-electron chi connectivity index (χ2n) is 4.70. The molecule has 1 aliphatic heterocycles. The minimum atomic E-state index is -0.768. The molecule has 1 N–H and O–H groups in total. The van der Waals surface area contributed by atoms with Crippen molar-refractivity contribution in [1.29, 1.82) is 5.26 Å². The van der Waals surface area contributed by atoms with Gasteiger partial charge in [0.15, 0.2) is 0 Å². The van der Waals surface area contributed by atoms with Gasteiger partial charge in [0.05, 0.1) is 25.2 Å². The molecule has 0 spiro atoms. The molecule has 0 bridgehead atoms. The summed E-state index contributed by atoms with van der Waals surface area (Å²) in [5.41, 5.74) is 0. The molecule has 102 valence electrons. The van der Waals surface area contributed by atoms with Gasteiger partial charge in [0.2, 0.25) is 0 Å². The van der Waals surface area contributed by atoms with Crippen molar-refractivity contribution in [1.82, 2.24) is 4.90 Å². The number of hydrogen-bond acceptors (Lipinski definition) is 4. The number of aliphatic carboxylic acids is 1. The smallest absolute Gasteiger partial charge is 0.310 e. The summed E-state index contributed by atoms with van der Waals surface area (Å²) in [6, 6.07) is 2.12. The molecule has 0 aliphatic carbocycles. The van der Waals surface area contributed by atoms with E-state index in [4.69, 9.17) is 15.1 Å². The third-order valence-electron chi connectivity index (χ3n) is 3.33. The Bertz CT molecular complexity index is 301. The summed E-state index contributed by atoms with van der Waals surface area (Å²) >= 11 is 0. The first-order chi connectivity index (χ1) is 8.70. The lowest BCUT2D eigenvalue weighted by molar-refractivity contribution is -0.143. The van der Waals surface area contributed by atoms with E-state index in [1.807, 2.05) is 0 Å². The fourth-order valence-electron chi connectivity index (χ4n) is 2.39. The van der Waals surface area contributed by atoms with Crippen LogP contribution in [-0.2, 0) is 9.53 Å². The maximum Gasteiger partial charge on any atom is 0.310 e. The molecule has 0 amide bonds. The first-order valence-corrected chi connectivity index (χ1v) is 6.62. The topological polar surface area (TPSA) is 73.6 Å². The third-order valence-corrected chi connectivity index (χ3v) is 3.33. The molecule has 1 heterocycles. The summed E-state index contributed by atoms with van der Waals surface area (Å²) in [7, 11) is 0. The molecule has 0 saturated carbocycles. The lowest BCUT2D eigenvalue weighted by Crippen LogP contribution is -2.44. The van der Waals surface area contributed by atoms with Gasteiger partial charge < -0.3 is 9.84 Å². The fourth-order valence-corrected chi connectivity index (χ4v) is 2.39. The summed E-state index contributed by atoms with van der Waals surface area (Å²) in [6.07, 6.45) is 3.39. The standard InChI is InChI=1S/C13H22N2O3/c1-2-7-15(8-5-3-4-6-14)12-10-18-9-11(12)13(16)17/h11-12H,2-5,7-10H2,1H3,(H,16,17). The van der Waals surface area contributed by atoms with Crippen molar-refractivity contribution in [3.63, 3.8) is 0 Å². The average Bonchev–Trinajstić information content (AvgIpc) is 2.82. The Morgan fingerprint density at radius 3 is 2.83 bits per heavy atom. The number of carbonyl (C=O) groups is 1. The molecule has 18 heavy (non-hydrogen) atoms. The Balaban J connectivity index is 2.49. The number of carboxylic acids is 1. The second-order valence-corrected chi connectivity index (χ2v) is 4.70. The van der Waals surface area contributed by atoms with E-state index >= 15 is 0 Å². The van der Waals surface area contributed by atoms with Crippen molar-refractivity contribution in [2.24, 2.45) is 5.92 Å². The monoisotopic (exact) mass is 254 g/mol. The van der Waals surface area contributed by atoms with Gasteiger partial charge in [-0.15, -0.1) is 0 Å². The van der Waals surface area contributed by atoms with Gasteiger partial charge in [-0.05, 0) is 32.4 Å². The van der Waals surface area contributed by atoms with Gasteiger partial charge >= 0.3 is 5.97 Å². The normalized spacial score (nSPS) is 23.2. The van der Waals surface area contributed by atoms with Crippen molar-refractivity contribution in [2.75, 3.05) is 26.3 Å². The van der Waals surface area contributed by atoms with Crippen LogP contribution < -0.4 is 0 Å². The van der Waals surface area contributed by atoms with Gasteiger partial charge in [-0.2, -0.15) is 5.26 Å². The lowest BCUT2D eigenvalue weighted by Gasteiger charge is -2.29. The summed E-state index contributed by atoms with van der Waals surface area (Å²) in [6.45, 7) is 4.67.